The molecule has 150 valence electrons. The van der Waals surface area contributed by atoms with Crippen LogP contribution in [0.15, 0.2) is 60.7 Å². The number of unbranched alkanes of at least 4 members (excludes halogenated alkanes) is 1. The van der Waals surface area contributed by atoms with Crippen molar-refractivity contribution in [1.29, 1.82) is 0 Å². The van der Waals surface area contributed by atoms with E-state index in [1.54, 1.807) is 0 Å². The van der Waals surface area contributed by atoms with Gasteiger partial charge in [-0.3, -0.25) is 4.79 Å². The molecule has 0 saturated heterocycles. The SMILES string of the molecule is CCCCc1ccc(Oc2ccc(CNC(=O)c3ccc(F)nc3N)cc2)cc1. The van der Waals surface area contributed by atoms with Crippen LogP contribution in [0.3, 0.4) is 0 Å². The van der Waals surface area contributed by atoms with E-state index >= 15 is 0 Å². The molecule has 0 saturated carbocycles. The predicted octanol–water partition coefficient (Wildman–Crippen LogP) is 4.87. The molecule has 1 heterocycles. The van der Waals surface area contributed by atoms with Crippen LogP contribution in [-0.2, 0) is 13.0 Å². The molecule has 0 radical (unpaired) electrons. The van der Waals surface area contributed by atoms with Crippen LogP contribution in [0.25, 0.3) is 0 Å². The van der Waals surface area contributed by atoms with Gasteiger partial charge in [-0.2, -0.15) is 4.39 Å². The zero-order valence-corrected chi connectivity index (χ0v) is 16.3. The summed E-state index contributed by atoms with van der Waals surface area (Å²) < 4.78 is 18.9. The molecule has 3 N–H and O–H groups in total. The number of aryl methyl sites for hydroxylation is 1. The molecule has 0 fully saturated rings. The summed E-state index contributed by atoms with van der Waals surface area (Å²) in [5.41, 5.74) is 7.94. The van der Waals surface area contributed by atoms with Crippen LogP contribution in [0.5, 0.6) is 11.5 Å². The molecule has 1 amide bonds. The van der Waals surface area contributed by atoms with E-state index in [2.05, 4.69) is 29.4 Å². The molecule has 6 heteroatoms. The Morgan fingerprint density at radius 3 is 2.21 bits per heavy atom. The molecular formula is C23H24FN3O2. The highest BCUT2D eigenvalue weighted by molar-refractivity contribution is 5.98. The van der Waals surface area contributed by atoms with Gasteiger partial charge in [-0.05, 0) is 60.4 Å². The number of hydrogen-bond donors (Lipinski definition) is 2. The minimum Gasteiger partial charge on any atom is -0.457 e. The maximum absolute atomic E-state index is 13.0. The first-order valence-corrected chi connectivity index (χ1v) is 9.61. The first kappa shape index (κ1) is 20.3. The molecule has 3 aromatic rings. The minimum absolute atomic E-state index is 0.132. The van der Waals surface area contributed by atoms with E-state index in [0.717, 1.165) is 23.8 Å². The van der Waals surface area contributed by atoms with Crippen molar-refractivity contribution in [3.63, 3.8) is 0 Å². The number of pyridine rings is 1. The average Bonchev–Trinajstić information content (AvgIpc) is 2.72. The van der Waals surface area contributed by atoms with Gasteiger partial charge in [0.15, 0.2) is 0 Å². The van der Waals surface area contributed by atoms with Gasteiger partial charge in [-0.25, -0.2) is 4.98 Å². The van der Waals surface area contributed by atoms with E-state index in [4.69, 9.17) is 10.5 Å². The lowest BCUT2D eigenvalue weighted by atomic mass is 10.1. The fourth-order valence-electron chi connectivity index (χ4n) is 2.84. The summed E-state index contributed by atoms with van der Waals surface area (Å²) >= 11 is 0. The number of nitrogens with one attached hydrogen (secondary N) is 1. The summed E-state index contributed by atoms with van der Waals surface area (Å²) in [4.78, 5) is 15.6. The second kappa shape index (κ2) is 9.68. The Bertz CT molecular complexity index is 957. The highest BCUT2D eigenvalue weighted by Crippen LogP contribution is 2.22. The number of nitrogen functional groups attached to an aromatic ring is 1. The smallest absolute Gasteiger partial charge is 0.255 e. The van der Waals surface area contributed by atoms with E-state index < -0.39 is 11.9 Å². The third kappa shape index (κ3) is 5.78. The summed E-state index contributed by atoms with van der Waals surface area (Å²) in [6.07, 6.45) is 3.44. The number of ether oxygens (including phenoxy) is 1. The van der Waals surface area contributed by atoms with Crippen molar-refractivity contribution in [2.75, 3.05) is 5.73 Å². The molecule has 2 aromatic carbocycles. The fourth-order valence-corrected chi connectivity index (χ4v) is 2.84. The molecule has 0 aliphatic rings. The van der Waals surface area contributed by atoms with E-state index in [0.29, 0.717) is 12.3 Å². The van der Waals surface area contributed by atoms with E-state index in [1.807, 2.05) is 36.4 Å². The molecule has 5 nitrogen and oxygen atoms in total. The topological polar surface area (TPSA) is 77.2 Å². The normalized spacial score (nSPS) is 10.6. The largest absolute Gasteiger partial charge is 0.457 e. The van der Waals surface area contributed by atoms with Crippen LogP contribution in [0.1, 0.15) is 41.3 Å². The predicted molar refractivity (Wildman–Crippen MR) is 111 cm³/mol. The molecule has 0 atom stereocenters. The number of rotatable bonds is 8. The summed E-state index contributed by atoms with van der Waals surface area (Å²) in [7, 11) is 0. The Kier molecular flexibility index (Phi) is 6.79. The maximum atomic E-state index is 13.0. The van der Waals surface area contributed by atoms with Crippen molar-refractivity contribution >= 4 is 11.7 Å². The number of hydrogen-bond acceptors (Lipinski definition) is 4. The van der Waals surface area contributed by atoms with Gasteiger partial charge in [0.25, 0.3) is 5.91 Å². The molecule has 0 bridgehead atoms. The van der Waals surface area contributed by atoms with Crippen LogP contribution < -0.4 is 15.8 Å². The molecule has 3 rings (SSSR count). The lowest BCUT2D eigenvalue weighted by Crippen LogP contribution is -2.24. The number of aromatic nitrogens is 1. The third-order valence-electron chi connectivity index (χ3n) is 4.49. The number of halogens is 1. The molecule has 0 unspecified atom stereocenters. The van der Waals surface area contributed by atoms with Crippen molar-refractivity contribution < 1.29 is 13.9 Å². The Balaban J connectivity index is 1.54. The van der Waals surface area contributed by atoms with Crippen molar-refractivity contribution in [3.05, 3.63) is 83.3 Å². The number of carbonyl (C=O) groups is 1. The Morgan fingerprint density at radius 1 is 1.00 bits per heavy atom. The summed E-state index contributed by atoms with van der Waals surface area (Å²) in [5, 5.41) is 2.75. The van der Waals surface area contributed by atoms with Gasteiger partial charge in [-0.1, -0.05) is 37.6 Å². The lowest BCUT2D eigenvalue weighted by Gasteiger charge is -2.09. The van der Waals surface area contributed by atoms with Crippen LogP contribution in [0.2, 0.25) is 0 Å². The van der Waals surface area contributed by atoms with Gasteiger partial charge in [0.2, 0.25) is 5.95 Å². The van der Waals surface area contributed by atoms with Crippen LogP contribution in [0, 0.1) is 5.95 Å². The van der Waals surface area contributed by atoms with Gasteiger partial charge in [-0.15, -0.1) is 0 Å². The zero-order chi connectivity index (χ0) is 20.6. The lowest BCUT2D eigenvalue weighted by molar-refractivity contribution is 0.0951. The third-order valence-corrected chi connectivity index (χ3v) is 4.49. The molecular weight excluding hydrogens is 369 g/mol. The highest BCUT2D eigenvalue weighted by atomic mass is 19.1. The zero-order valence-electron chi connectivity index (χ0n) is 16.3. The van der Waals surface area contributed by atoms with Crippen molar-refractivity contribution in [2.24, 2.45) is 0 Å². The van der Waals surface area contributed by atoms with Crippen LogP contribution >= 0.6 is 0 Å². The first-order valence-electron chi connectivity index (χ1n) is 9.61. The second-order valence-corrected chi connectivity index (χ2v) is 6.74. The fraction of sp³-hybridized carbons (Fsp3) is 0.217. The molecule has 29 heavy (non-hydrogen) atoms. The number of benzene rings is 2. The number of nitrogens with two attached hydrogens (primary N) is 1. The summed E-state index contributed by atoms with van der Waals surface area (Å²) in [5.74, 6) is 0.245. The van der Waals surface area contributed by atoms with Crippen LogP contribution in [0.4, 0.5) is 10.2 Å². The van der Waals surface area contributed by atoms with Gasteiger partial charge in [0.1, 0.15) is 17.3 Å². The Hall–Kier alpha value is -3.41. The average molecular weight is 393 g/mol. The number of nitrogens with zero attached hydrogens (tertiary/aromatic N) is 1. The summed E-state index contributed by atoms with van der Waals surface area (Å²) in [6, 6.07) is 18.0. The van der Waals surface area contributed by atoms with Crippen molar-refractivity contribution in [1.82, 2.24) is 10.3 Å². The first-order chi connectivity index (χ1) is 14.0. The van der Waals surface area contributed by atoms with Crippen LogP contribution in [-0.4, -0.2) is 10.9 Å². The maximum Gasteiger partial charge on any atom is 0.255 e. The second-order valence-electron chi connectivity index (χ2n) is 6.74. The van der Waals surface area contributed by atoms with E-state index in [9.17, 15) is 9.18 Å². The molecule has 0 aliphatic carbocycles. The van der Waals surface area contributed by atoms with E-state index in [1.165, 1.54) is 24.5 Å². The Labute approximate surface area is 169 Å². The minimum atomic E-state index is -0.717. The van der Waals surface area contributed by atoms with Gasteiger partial charge in [0, 0.05) is 6.54 Å². The van der Waals surface area contributed by atoms with E-state index in [-0.39, 0.29) is 11.4 Å². The molecule has 0 aliphatic heterocycles. The monoisotopic (exact) mass is 393 g/mol. The standard InChI is InChI=1S/C23H24FN3O2/c1-2-3-4-16-5-9-18(10-6-16)29-19-11-7-17(8-12-19)15-26-23(28)20-13-14-21(24)27-22(20)25/h5-14H,2-4,15H2,1H3,(H2,25,27)(H,26,28). The van der Waals surface area contributed by atoms with Gasteiger partial charge in [0.05, 0.1) is 5.56 Å². The number of carbonyl (C=O) groups excluding carboxylic acids is 1. The quantitative estimate of drug-likeness (QED) is 0.536. The Morgan fingerprint density at radius 2 is 1.62 bits per heavy atom. The summed E-state index contributed by atoms with van der Waals surface area (Å²) in [6.45, 7) is 2.49. The van der Waals surface area contributed by atoms with Crippen molar-refractivity contribution in [2.45, 2.75) is 32.7 Å². The number of amides is 1. The van der Waals surface area contributed by atoms with Gasteiger partial charge >= 0.3 is 0 Å². The molecule has 1 aromatic heterocycles. The van der Waals surface area contributed by atoms with Gasteiger partial charge < -0.3 is 15.8 Å². The molecule has 0 spiro atoms. The highest BCUT2D eigenvalue weighted by Gasteiger charge is 2.11. The number of anilines is 1. The van der Waals surface area contributed by atoms with Crippen molar-refractivity contribution in [3.8, 4) is 11.5 Å².